The van der Waals surface area contributed by atoms with E-state index in [0.29, 0.717) is 0 Å². The highest BCUT2D eigenvalue weighted by atomic mass is 32.1. The second kappa shape index (κ2) is 2030. The molecule has 0 saturated carbocycles. The van der Waals surface area contributed by atoms with Crippen molar-refractivity contribution in [2.45, 2.75) is 76.2 Å². The van der Waals surface area contributed by atoms with Crippen LogP contribution in [0.15, 0.2) is 13.2 Å². The van der Waals surface area contributed by atoms with Gasteiger partial charge in [-0.1, -0.05) is 76.2 Å². The lowest BCUT2D eigenvalue weighted by Gasteiger charge is -1.48. The van der Waals surface area contributed by atoms with Crippen molar-refractivity contribution in [2.24, 2.45) is 0 Å². The van der Waals surface area contributed by atoms with E-state index >= 15 is 0 Å². The van der Waals surface area contributed by atoms with Gasteiger partial charge in [0.2, 0.25) is 0 Å². The molecular formula is C14H40S. The second-order valence-corrected chi connectivity index (χ2v) is 0.949. The molecule has 0 spiro atoms. The Bertz CT molecular complexity index is 9.30. The molecule has 0 bridgehead atoms. The summed E-state index contributed by atoms with van der Waals surface area (Å²) in [4.78, 5) is 0. The predicted octanol–water partition coefficient (Wildman–Crippen LogP) is 6.87. The van der Waals surface area contributed by atoms with Gasteiger partial charge in [0, 0.05) is 0 Å². The van der Waals surface area contributed by atoms with E-state index in [4.69, 9.17) is 0 Å². The predicted molar refractivity (Wildman–Crippen MR) is 87.5 cm³/mol. The minimum absolute atomic E-state index is 0.944. The van der Waals surface area contributed by atoms with Crippen LogP contribution >= 0.6 is 12.6 Å². The summed E-state index contributed by atoms with van der Waals surface area (Å²) in [5.74, 6) is 0.944. The Morgan fingerprint density at radius 1 is 0.600 bits per heavy atom. The van der Waals surface area contributed by atoms with Crippen molar-refractivity contribution in [3.63, 3.8) is 0 Å². The van der Waals surface area contributed by atoms with Gasteiger partial charge in [-0.15, -0.1) is 13.2 Å². The van der Waals surface area contributed by atoms with Gasteiger partial charge in [-0.25, -0.2) is 0 Å². The van der Waals surface area contributed by atoms with Crippen molar-refractivity contribution in [1.29, 1.82) is 0 Å². The summed E-state index contributed by atoms with van der Waals surface area (Å²) in [5, 5.41) is 0. The normalized spacial score (nSPS) is 3.47. The number of rotatable bonds is 0. The fourth-order valence-corrected chi connectivity index (χ4v) is 0. The maximum atomic E-state index is 3.79. The molecule has 0 fully saturated rings. The largest absolute Gasteiger partial charge is 0.180 e. The molecule has 0 rings (SSSR count). The van der Waals surface area contributed by atoms with E-state index < -0.39 is 0 Å². The summed E-state index contributed by atoms with van der Waals surface area (Å²) >= 11 is 3.79. The average Bonchev–Trinajstić information content (AvgIpc) is 2.44. The van der Waals surface area contributed by atoms with Crippen molar-refractivity contribution < 1.29 is 0 Å². The van der Waals surface area contributed by atoms with Crippen molar-refractivity contribution in [1.82, 2.24) is 0 Å². The van der Waals surface area contributed by atoms with E-state index in [9.17, 15) is 0 Å². The SMILES string of the molecule is C=C.CC.CC.CC.CC.CC.CCS. The summed E-state index contributed by atoms with van der Waals surface area (Å²) in [6.45, 7) is 28.0. The van der Waals surface area contributed by atoms with E-state index in [1.54, 1.807) is 0 Å². The molecule has 0 heterocycles. The molecule has 0 N–H and O–H groups in total. The van der Waals surface area contributed by atoms with E-state index in [1.165, 1.54) is 0 Å². The Kier molecular flexibility index (Phi) is 6200. The Balaban J connectivity index is -0.0000000101. The van der Waals surface area contributed by atoms with Crippen LogP contribution in [-0.4, -0.2) is 5.75 Å². The molecule has 15 heavy (non-hydrogen) atoms. The highest BCUT2D eigenvalue weighted by Gasteiger charge is 1.35. The molecule has 0 amide bonds. The molecule has 0 aliphatic rings. The fraction of sp³-hybridized carbons (Fsp3) is 0.857. The van der Waals surface area contributed by atoms with Gasteiger partial charge < -0.3 is 0 Å². The summed E-state index contributed by atoms with van der Waals surface area (Å²) in [6.07, 6.45) is 0. The molecule has 0 radical (unpaired) electrons. The number of thiol groups is 1. The first-order valence-electron chi connectivity index (χ1n) is 6.52. The third kappa shape index (κ3) is 254000. The molecule has 0 nitrogen and oxygen atoms in total. The fourth-order valence-electron chi connectivity index (χ4n) is 0. The van der Waals surface area contributed by atoms with Crippen LogP contribution in [0.2, 0.25) is 0 Å². The van der Waals surface area contributed by atoms with Crippen molar-refractivity contribution in [2.75, 3.05) is 5.75 Å². The van der Waals surface area contributed by atoms with E-state index in [-0.39, 0.29) is 0 Å². The van der Waals surface area contributed by atoms with Crippen LogP contribution < -0.4 is 0 Å². The Hall–Kier alpha value is 0.0900. The van der Waals surface area contributed by atoms with E-state index in [2.05, 4.69) is 25.8 Å². The first-order valence-corrected chi connectivity index (χ1v) is 7.16. The van der Waals surface area contributed by atoms with Crippen LogP contribution in [0.25, 0.3) is 0 Å². The zero-order valence-electron chi connectivity index (χ0n) is 13.6. The highest BCUT2D eigenvalue weighted by Crippen LogP contribution is 1.58. The van der Waals surface area contributed by atoms with Crippen LogP contribution in [0.4, 0.5) is 0 Å². The van der Waals surface area contributed by atoms with E-state index in [1.807, 2.05) is 76.2 Å². The van der Waals surface area contributed by atoms with Crippen LogP contribution in [0.3, 0.4) is 0 Å². The molecule has 0 aromatic heterocycles. The van der Waals surface area contributed by atoms with Gasteiger partial charge in [-0.2, -0.15) is 12.6 Å². The standard InChI is InChI=1S/C2H6S.5C2H6.C2H4/c1-2-3;6*1-2/h3H,2H2,1H3;5*1-2H3;1-2H2. The van der Waals surface area contributed by atoms with Crippen LogP contribution in [0, 0.1) is 0 Å². The van der Waals surface area contributed by atoms with Crippen molar-refractivity contribution >= 4 is 12.6 Å². The van der Waals surface area contributed by atoms with Crippen LogP contribution in [0.5, 0.6) is 0 Å². The Labute approximate surface area is 108 Å². The number of hydrogen-bond donors (Lipinski definition) is 1. The molecule has 0 unspecified atom stereocenters. The maximum Gasteiger partial charge on any atom is -0.0126 e. The van der Waals surface area contributed by atoms with Crippen LogP contribution in [-0.2, 0) is 0 Å². The zero-order chi connectivity index (χ0) is 14.7. The van der Waals surface area contributed by atoms with Gasteiger partial charge in [0.15, 0.2) is 0 Å². The summed E-state index contributed by atoms with van der Waals surface area (Å²) in [5.41, 5.74) is 0. The minimum Gasteiger partial charge on any atom is -0.180 e. The topological polar surface area (TPSA) is 0 Å². The minimum atomic E-state index is 0.944. The van der Waals surface area contributed by atoms with Crippen molar-refractivity contribution in [3.05, 3.63) is 13.2 Å². The molecule has 1 heteroatoms. The molecule has 0 aromatic carbocycles. The quantitative estimate of drug-likeness (QED) is 0.347. The smallest absolute Gasteiger partial charge is 0.0126 e. The summed E-state index contributed by atoms with van der Waals surface area (Å²) < 4.78 is 0. The van der Waals surface area contributed by atoms with Gasteiger partial charge in [0.05, 0.1) is 0 Å². The summed E-state index contributed by atoms with van der Waals surface area (Å²) in [6, 6.07) is 0. The van der Waals surface area contributed by atoms with Gasteiger partial charge in [-0.05, 0) is 5.75 Å². The Morgan fingerprint density at radius 3 is 0.600 bits per heavy atom. The lowest BCUT2D eigenvalue weighted by atomic mass is 11.0. The Morgan fingerprint density at radius 2 is 0.600 bits per heavy atom. The third-order valence-electron chi connectivity index (χ3n) is 0. The molecule has 102 valence electrons. The monoisotopic (exact) mass is 240 g/mol. The maximum absolute atomic E-state index is 3.79. The van der Waals surface area contributed by atoms with Gasteiger partial charge in [-0.3, -0.25) is 0 Å². The lowest BCUT2D eigenvalue weighted by molar-refractivity contribution is 1.50. The first-order chi connectivity index (χ1) is 7.41. The van der Waals surface area contributed by atoms with Gasteiger partial charge in [0.25, 0.3) is 0 Å². The molecular weight excluding hydrogens is 200 g/mol. The van der Waals surface area contributed by atoms with Crippen molar-refractivity contribution in [3.8, 4) is 0 Å². The number of hydrogen-bond acceptors (Lipinski definition) is 1. The average molecular weight is 241 g/mol. The molecule has 0 saturated heterocycles. The lowest BCUT2D eigenvalue weighted by Crippen LogP contribution is -1.36. The molecule has 0 aliphatic heterocycles. The van der Waals surface area contributed by atoms with E-state index in [0.717, 1.165) is 5.75 Å². The molecule has 0 aliphatic carbocycles. The molecule has 0 aromatic rings. The van der Waals surface area contributed by atoms with Crippen LogP contribution in [0.1, 0.15) is 76.2 Å². The van der Waals surface area contributed by atoms with Gasteiger partial charge >= 0.3 is 0 Å². The first kappa shape index (κ1) is 45.8. The zero-order valence-corrected chi connectivity index (χ0v) is 14.5. The summed E-state index contributed by atoms with van der Waals surface area (Å²) in [7, 11) is 0. The molecule has 0 atom stereocenters. The van der Waals surface area contributed by atoms with Gasteiger partial charge in [0.1, 0.15) is 0 Å². The highest BCUT2D eigenvalue weighted by molar-refractivity contribution is 7.80. The second-order valence-electron chi connectivity index (χ2n) is 0.316. The third-order valence-corrected chi connectivity index (χ3v) is 0.